The molecule has 0 heteroatoms. The van der Waals surface area contributed by atoms with Crippen LogP contribution in [0, 0.1) is 0 Å². The molecule has 0 amide bonds. The predicted molar refractivity (Wildman–Crippen MR) is 206 cm³/mol. The summed E-state index contributed by atoms with van der Waals surface area (Å²) in [5, 5.41) is 5.06. The second-order valence-corrected chi connectivity index (χ2v) is 12.3. The van der Waals surface area contributed by atoms with Crippen molar-refractivity contribution in [1.82, 2.24) is 0 Å². The highest BCUT2D eigenvalue weighted by molar-refractivity contribution is 6.21. The van der Waals surface area contributed by atoms with Crippen molar-refractivity contribution in [1.29, 1.82) is 0 Å². The summed E-state index contributed by atoms with van der Waals surface area (Å²) < 4.78 is 0. The van der Waals surface area contributed by atoms with E-state index in [2.05, 4.69) is 173 Å². The van der Waals surface area contributed by atoms with E-state index >= 15 is 0 Å². The van der Waals surface area contributed by atoms with Crippen LogP contribution in [0.15, 0.2) is 169 Å². The van der Waals surface area contributed by atoms with Crippen LogP contribution in [-0.2, 0) is 6.42 Å². The highest BCUT2D eigenvalue weighted by Gasteiger charge is 2.19. The molecule has 47 heavy (non-hydrogen) atoms. The minimum absolute atomic E-state index is 1.09. The second kappa shape index (κ2) is 13.1. The lowest BCUT2D eigenvalue weighted by molar-refractivity contribution is 0.978. The molecule has 1 aliphatic carbocycles. The molecule has 0 heterocycles. The normalized spacial score (nSPS) is 13.9. The van der Waals surface area contributed by atoms with Gasteiger partial charge in [-0.3, -0.25) is 0 Å². The Balaban J connectivity index is 1.40. The van der Waals surface area contributed by atoms with Gasteiger partial charge in [0.1, 0.15) is 0 Å². The summed E-state index contributed by atoms with van der Waals surface area (Å²) in [5.41, 5.74) is 15.2. The quantitative estimate of drug-likeness (QED) is 0.126. The first kappa shape index (κ1) is 30.2. The summed E-state index contributed by atoms with van der Waals surface area (Å²) >= 11 is 0. The number of hydrogen-bond acceptors (Lipinski definition) is 0. The van der Waals surface area contributed by atoms with Crippen molar-refractivity contribution in [2.24, 2.45) is 0 Å². The van der Waals surface area contributed by atoms with Crippen molar-refractivity contribution >= 4 is 32.7 Å². The highest BCUT2D eigenvalue weighted by atomic mass is 14.2. The van der Waals surface area contributed by atoms with Crippen molar-refractivity contribution in [3.63, 3.8) is 0 Å². The maximum Gasteiger partial charge on any atom is -0.00262 e. The third kappa shape index (κ3) is 5.51. The molecule has 6 aromatic carbocycles. The second-order valence-electron chi connectivity index (χ2n) is 12.3. The largest absolute Gasteiger partial charge is 0.0988 e. The summed E-state index contributed by atoms with van der Waals surface area (Å²) in [7, 11) is 0. The zero-order chi connectivity index (χ0) is 32.3. The van der Waals surface area contributed by atoms with Gasteiger partial charge in [-0.25, -0.2) is 0 Å². The Bertz CT molecular complexity index is 2210. The fraction of sp³-hybridized carbons (Fsp3) is 0.106. The molecule has 0 saturated carbocycles. The van der Waals surface area contributed by atoms with E-state index in [1.54, 1.807) is 0 Å². The summed E-state index contributed by atoms with van der Waals surface area (Å²) in [4.78, 5) is 0. The Morgan fingerprint density at radius 3 is 1.85 bits per heavy atom. The lowest BCUT2D eigenvalue weighted by Gasteiger charge is -2.20. The number of fused-ring (bicyclic) bond motifs is 3. The minimum Gasteiger partial charge on any atom is -0.0988 e. The van der Waals surface area contributed by atoms with E-state index in [9.17, 15) is 0 Å². The fourth-order valence-electron chi connectivity index (χ4n) is 7.35. The molecule has 7 rings (SSSR count). The molecule has 0 saturated heterocycles. The van der Waals surface area contributed by atoms with Crippen LogP contribution >= 0.6 is 0 Å². The van der Waals surface area contributed by atoms with Crippen molar-refractivity contribution in [3.05, 3.63) is 192 Å². The van der Waals surface area contributed by atoms with Gasteiger partial charge in [0, 0.05) is 0 Å². The predicted octanol–water partition coefficient (Wildman–Crippen LogP) is 13.2. The molecule has 0 aliphatic heterocycles. The first-order valence-corrected chi connectivity index (χ1v) is 16.7. The minimum atomic E-state index is 1.09. The molecule has 0 aromatic heterocycles. The molecule has 228 valence electrons. The lowest BCUT2D eigenvalue weighted by Crippen LogP contribution is -2.00. The van der Waals surface area contributed by atoms with Crippen molar-refractivity contribution < 1.29 is 0 Å². The van der Waals surface area contributed by atoms with Crippen LogP contribution in [-0.4, -0.2) is 0 Å². The molecule has 1 aliphatic rings. The number of benzene rings is 6. The van der Waals surface area contributed by atoms with Crippen LogP contribution in [0.2, 0.25) is 0 Å². The van der Waals surface area contributed by atoms with Crippen molar-refractivity contribution in [3.8, 4) is 22.3 Å². The van der Waals surface area contributed by atoms with Gasteiger partial charge >= 0.3 is 0 Å². The number of aryl methyl sites for hydroxylation is 1. The molecule has 0 fully saturated rings. The Morgan fingerprint density at radius 2 is 1.23 bits per heavy atom. The molecular weight excluding hydrogens is 565 g/mol. The van der Waals surface area contributed by atoms with Crippen LogP contribution in [0.1, 0.15) is 49.4 Å². The number of rotatable bonds is 7. The molecule has 0 atom stereocenters. The van der Waals surface area contributed by atoms with Gasteiger partial charge in [0.2, 0.25) is 0 Å². The first-order valence-electron chi connectivity index (χ1n) is 16.7. The fourth-order valence-corrected chi connectivity index (χ4v) is 7.35. The van der Waals surface area contributed by atoms with Crippen LogP contribution < -0.4 is 0 Å². The Hall–Kier alpha value is -5.46. The van der Waals surface area contributed by atoms with Gasteiger partial charge < -0.3 is 0 Å². The summed E-state index contributed by atoms with van der Waals surface area (Å²) in [6, 6.07) is 44.9. The topological polar surface area (TPSA) is 0 Å². The van der Waals surface area contributed by atoms with E-state index in [1.165, 1.54) is 82.8 Å². The summed E-state index contributed by atoms with van der Waals surface area (Å²) in [5.74, 6) is 0. The van der Waals surface area contributed by atoms with Crippen LogP contribution in [0.25, 0.3) is 54.9 Å². The smallest absolute Gasteiger partial charge is 0.00262 e. The maximum atomic E-state index is 4.06. The Kier molecular flexibility index (Phi) is 8.42. The van der Waals surface area contributed by atoms with Crippen LogP contribution in [0.5, 0.6) is 0 Å². The molecule has 6 aromatic rings. The molecule has 0 spiro atoms. The molecule has 0 radical (unpaired) electrons. The summed E-state index contributed by atoms with van der Waals surface area (Å²) in [6.07, 6.45) is 13.1. The van der Waals surface area contributed by atoms with E-state index in [0.29, 0.717) is 0 Å². The van der Waals surface area contributed by atoms with Crippen molar-refractivity contribution in [2.75, 3.05) is 0 Å². The first-order chi connectivity index (χ1) is 23.1. The zero-order valence-electron chi connectivity index (χ0n) is 27.6. The standard InChI is InChI=1S/C47H40/c1-5-16-39(32(4)6-2)38(7-3)36-19-14-20-37(31-36)47-44-24-12-10-22-42(44)46(43-23-11-13-25-45(43)47)35-29-27-34(28-30-35)41-26-15-18-33-17-8-9-21-40(33)41/h5-14,16-17,19-31H,2,15,18H2,1,3-4H3/b16-5-,38-7-,39-32+. The lowest BCUT2D eigenvalue weighted by atomic mass is 9.84. The molecule has 0 nitrogen and oxygen atoms in total. The zero-order valence-corrected chi connectivity index (χ0v) is 27.6. The third-order valence-corrected chi connectivity index (χ3v) is 9.59. The summed E-state index contributed by atoms with van der Waals surface area (Å²) in [6.45, 7) is 10.4. The van der Waals surface area contributed by atoms with E-state index in [1.807, 2.05) is 6.08 Å². The number of hydrogen-bond donors (Lipinski definition) is 0. The Morgan fingerprint density at radius 1 is 0.638 bits per heavy atom. The van der Waals surface area contributed by atoms with Gasteiger partial charge in [0.25, 0.3) is 0 Å². The average Bonchev–Trinajstić information content (AvgIpc) is 3.13. The monoisotopic (exact) mass is 604 g/mol. The van der Waals surface area contributed by atoms with E-state index in [4.69, 9.17) is 0 Å². The van der Waals surface area contributed by atoms with Crippen LogP contribution in [0.4, 0.5) is 0 Å². The van der Waals surface area contributed by atoms with Gasteiger partial charge in [-0.05, 0) is 128 Å². The van der Waals surface area contributed by atoms with Gasteiger partial charge in [-0.15, -0.1) is 0 Å². The number of allylic oxidation sites excluding steroid dienone is 8. The van der Waals surface area contributed by atoms with Gasteiger partial charge in [-0.2, -0.15) is 0 Å². The Labute approximate surface area is 279 Å². The molecule has 0 bridgehead atoms. The van der Waals surface area contributed by atoms with Gasteiger partial charge in [0.05, 0.1) is 0 Å². The average molecular weight is 605 g/mol. The van der Waals surface area contributed by atoms with E-state index in [-0.39, 0.29) is 0 Å². The van der Waals surface area contributed by atoms with Crippen molar-refractivity contribution in [2.45, 2.75) is 33.6 Å². The highest BCUT2D eigenvalue weighted by Crippen LogP contribution is 2.44. The third-order valence-electron chi connectivity index (χ3n) is 9.59. The van der Waals surface area contributed by atoms with Gasteiger partial charge in [-0.1, -0.05) is 152 Å². The van der Waals surface area contributed by atoms with E-state index in [0.717, 1.165) is 18.4 Å². The molecular formula is C47H40. The maximum absolute atomic E-state index is 4.06. The van der Waals surface area contributed by atoms with Gasteiger partial charge in [0.15, 0.2) is 0 Å². The van der Waals surface area contributed by atoms with E-state index < -0.39 is 0 Å². The molecule has 0 unspecified atom stereocenters. The molecule has 0 N–H and O–H groups in total. The van der Waals surface area contributed by atoms with Crippen LogP contribution in [0.3, 0.4) is 0 Å². The SMILES string of the molecule is C=C/C(C)=C(\C=C/C)C(=C\C)/c1cccc(-c2c3ccccc3c(-c3ccc(C4=CCCc5ccccc54)cc3)c3ccccc23)c1.